The van der Waals surface area contributed by atoms with Crippen molar-refractivity contribution in [3.05, 3.63) is 61.8 Å². The summed E-state index contributed by atoms with van der Waals surface area (Å²) in [4.78, 5) is 35.9. The number of rotatable bonds is 5. The van der Waals surface area contributed by atoms with Gasteiger partial charge < -0.3 is 24.8 Å². The topological polar surface area (TPSA) is 118 Å². The molecule has 1 aliphatic rings. The molecule has 1 aromatic heterocycles. The van der Waals surface area contributed by atoms with E-state index in [1.54, 1.807) is 0 Å². The van der Waals surface area contributed by atoms with Crippen LogP contribution in [0.1, 0.15) is 27.2 Å². The Kier molecular flexibility index (Phi) is 5.66. The first-order chi connectivity index (χ1) is 13.3. The van der Waals surface area contributed by atoms with Crippen molar-refractivity contribution < 1.29 is 28.9 Å². The average molecular weight is 411 g/mol. The first-order valence-corrected chi connectivity index (χ1v) is 8.66. The summed E-state index contributed by atoms with van der Waals surface area (Å²) in [5, 5.41) is 21.4. The number of carbonyl (C=O) groups is 2. The molecule has 0 saturated heterocycles. The van der Waals surface area contributed by atoms with E-state index in [1.165, 1.54) is 16.7 Å². The minimum Gasteiger partial charge on any atom is -0.506 e. The molecule has 28 heavy (non-hydrogen) atoms. The van der Waals surface area contributed by atoms with Crippen LogP contribution < -0.4 is 10.9 Å². The molecule has 0 saturated carbocycles. The minimum atomic E-state index is -1.31. The standard InChI is InChI=1S/C18H16ClFN2O6/c19-10-2-1-9(12(20)5-10)7-22-13-3-4-28-8-11(13)16(25)15(18(22)27)17(26)21-6-14(23)24/h1-2,5,25H,3-4,6-8H2,(H,21,26)(H,23,24). The number of carbonyl (C=O) groups excluding carboxylic acids is 1. The van der Waals surface area contributed by atoms with E-state index >= 15 is 0 Å². The molecule has 0 fully saturated rings. The second-order valence-corrected chi connectivity index (χ2v) is 6.59. The Labute approximate surface area is 163 Å². The van der Waals surface area contributed by atoms with E-state index in [2.05, 4.69) is 5.32 Å². The average Bonchev–Trinajstić information content (AvgIpc) is 2.65. The lowest BCUT2D eigenvalue weighted by molar-refractivity contribution is -0.135. The lowest BCUT2D eigenvalue weighted by Gasteiger charge is -2.24. The van der Waals surface area contributed by atoms with E-state index in [0.717, 1.165) is 6.07 Å². The lowest BCUT2D eigenvalue weighted by atomic mass is 10.0. The fraction of sp³-hybridized carbons (Fsp3) is 0.278. The summed E-state index contributed by atoms with van der Waals surface area (Å²) in [6, 6.07) is 4.01. The van der Waals surface area contributed by atoms with Crippen LogP contribution in [0.25, 0.3) is 0 Å². The predicted molar refractivity (Wildman–Crippen MR) is 96.2 cm³/mol. The van der Waals surface area contributed by atoms with Crippen LogP contribution >= 0.6 is 11.6 Å². The number of carboxylic acid groups (broad SMARTS) is 1. The maximum absolute atomic E-state index is 14.2. The molecule has 1 aliphatic heterocycles. The minimum absolute atomic E-state index is 0.0379. The zero-order chi connectivity index (χ0) is 20.4. The third kappa shape index (κ3) is 3.85. The van der Waals surface area contributed by atoms with E-state index in [1.807, 2.05) is 0 Å². The van der Waals surface area contributed by atoms with Gasteiger partial charge in [0.15, 0.2) is 0 Å². The molecule has 3 rings (SSSR count). The van der Waals surface area contributed by atoms with Crippen LogP contribution in [0.2, 0.25) is 5.02 Å². The molecule has 8 nitrogen and oxygen atoms in total. The highest BCUT2D eigenvalue weighted by Crippen LogP contribution is 2.28. The lowest BCUT2D eigenvalue weighted by Crippen LogP contribution is -2.38. The van der Waals surface area contributed by atoms with Crippen molar-refractivity contribution in [2.45, 2.75) is 19.6 Å². The summed E-state index contributed by atoms with van der Waals surface area (Å²) < 4.78 is 20.7. The molecule has 0 radical (unpaired) electrons. The van der Waals surface area contributed by atoms with Crippen LogP contribution in [-0.2, 0) is 29.1 Å². The summed E-state index contributed by atoms with van der Waals surface area (Å²) in [5.41, 5.74) is -0.628. The summed E-state index contributed by atoms with van der Waals surface area (Å²) in [6.07, 6.45) is 0.282. The first kappa shape index (κ1) is 19.8. The van der Waals surface area contributed by atoms with Gasteiger partial charge in [-0.15, -0.1) is 0 Å². The van der Waals surface area contributed by atoms with Gasteiger partial charge in [0.2, 0.25) is 0 Å². The molecule has 1 aromatic carbocycles. The maximum Gasteiger partial charge on any atom is 0.322 e. The van der Waals surface area contributed by atoms with Crippen LogP contribution in [0.3, 0.4) is 0 Å². The second-order valence-electron chi connectivity index (χ2n) is 6.15. The number of benzene rings is 1. The summed E-state index contributed by atoms with van der Waals surface area (Å²) in [6.45, 7) is -0.663. The van der Waals surface area contributed by atoms with Gasteiger partial charge in [-0.05, 0) is 12.1 Å². The number of hydrogen-bond donors (Lipinski definition) is 3. The summed E-state index contributed by atoms with van der Waals surface area (Å²) in [5.74, 6) is -3.53. The molecular weight excluding hydrogens is 395 g/mol. The van der Waals surface area contributed by atoms with Gasteiger partial charge in [0, 0.05) is 28.3 Å². The van der Waals surface area contributed by atoms with Crippen molar-refractivity contribution >= 4 is 23.5 Å². The molecule has 2 heterocycles. The molecule has 10 heteroatoms. The van der Waals surface area contributed by atoms with Crippen molar-refractivity contribution in [3.8, 4) is 5.75 Å². The predicted octanol–water partition coefficient (Wildman–Crippen LogP) is 1.28. The normalized spacial score (nSPS) is 13.1. The number of aromatic nitrogens is 1. The summed E-state index contributed by atoms with van der Waals surface area (Å²) in [7, 11) is 0. The number of fused-ring (bicyclic) bond motifs is 1. The second kappa shape index (κ2) is 7.99. The van der Waals surface area contributed by atoms with E-state index in [9.17, 15) is 23.9 Å². The summed E-state index contributed by atoms with van der Waals surface area (Å²) >= 11 is 5.76. The smallest absolute Gasteiger partial charge is 0.322 e. The number of nitrogens with zero attached hydrogens (tertiary/aromatic N) is 1. The molecule has 0 unspecified atom stereocenters. The fourth-order valence-corrected chi connectivity index (χ4v) is 3.19. The molecule has 2 aromatic rings. The van der Waals surface area contributed by atoms with Gasteiger partial charge in [0.1, 0.15) is 23.7 Å². The number of hydrogen-bond acceptors (Lipinski definition) is 5. The van der Waals surface area contributed by atoms with Crippen LogP contribution in [0.5, 0.6) is 5.75 Å². The third-order valence-corrected chi connectivity index (χ3v) is 4.59. The number of ether oxygens (including phenoxy) is 1. The van der Waals surface area contributed by atoms with Gasteiger partial charge >= 0.3 is 5.97 Å². The maximum atomic E-state index is 14.2. The number of aromatic hydroxyl groups is 1. The highest BCUT2D eigenvalue weighted by atomic mass is 35.5. The van der Waals surface area contributed by atoms with E-state index in [-0.39, 0.29) is 35.7 Å². The Bertz CT molecular complexity index is 1020. The Morgan fingerprint density at radius 2 is 2.11 bits per heavy atom. The van der Waals surface area contributed by atoms with E-state index < -0.39 is 41.1 Å². The van der Waals surface area contributed by atoms with Crippen molar-refractivity contribution in [2.24, 2.45) is 0 Å². The Balaban J connectivity index is 2.12. The van der Waals surface area contributed by atoms with Crippen LogP contribution in [0.15, 0.2) is 23.0 Å². The van der Waals surface area contributed by atoms with Gasteiger partial charge in [-0.25, -0.2) is 4.39 Å². The molecule has 0 bridgehead atoms. The van der Waals surface area contributed by atoms with Crippen molar-refractivity contribution in [1.29, 1.82) is 0 Å². The molecule has 0 spiro atoms. The van der Waals surface area contributed by atoms with Gasteiger partial charge in [-0.2, -0.15) is 0 Å². The van der Waals surface area contributed by atoms with Gasteiger partial charge in [0.05, 0.1) is 19.8 Å². The van der Waals surface area contributed by atoms with E-state index in [0.29, 0.717) is 12.3 Å². The molecular formula is C18H16ClFN2O6. The number of halogens is 2. The molecule has 0 aliphatic carbocycles. The number of nitrogens with one attached hydrogen (secondary N) is 1. The van der Waals surface area contributed by atoms with Gasteiger partial charge in [-0.1, -0.05) is 17.7 Å². The van der Waals surface area contributed by atoms with Crippen molar-refractivity contribution in [3.63, 3.8) is 0 Å². The number of carboxylic acids is 1. The van der Waals surface area contributed by atoms with Crippen molar-refractivity contribution in [2.75, 3.05) is 13.2 Å². The fourth-order valence-electron chi connectivity index (χ4n) is 3.03. The Hall–Kier alpha value is -2.91. The first-order valence-electron chi connectivity index (χ1n) is 8.28. The van der Waals surface area contributed by atoms with Gasteiger partial charge in [0.25, 0.3) is 11.5 Å². The Morgan fingerprint density at radius 1 is 1.36 bits per heavy atom. The van der Waals surface area contributed by atoms with E-state index in [4.69, 9.17) is 21.4 Å². The molecule has 148 valence electrons. The van der Waals surface area contributed by atoms with Crippen molar-refractivity contribution in [1.82, 2.24) is 9.88 Å². The zero-order valence-corrected chi connectivity index (χ0v) is 15.3. The Morgan fingerprint density at radius 3 is 2.79 bits per heavy atom. The zero-order valence-electron chi connectivity index (χ0n) is 14.5. The number of amides is 1. The highest BCUT2D eigenvalue weighted by Gasteiger charge is 2.28. The number of aliphatic carboxylic acids is 1. The largest absolute Gasteiger partial charge is 0.506 e. The molecule has 1 amide bonds. The quantitative estimate of drug-likeness (QED) is 0.683. The highest BCUT2D eigenvalue weighted by molar-refractivity contribution is 6.30. The van der Waals surface area contributed by atoms with Crippen LogP contribution in [-0.4, -0.2) is 39.8 Å². The monoisotopic (exact) mass is 410 g/mol. The molecule has 3 N–H and O–H groups in total. The number of pyridine rings is 1. The SMILES string of the molecule is O=C(O)CNC(=O)c1c(O)c2c(n(Cc3ccc(Cl)cc3F)c1=O)CCOC2. The molecule has 0 atom stereocenters. The van der Waals surface area contributed by atoms with Crippen LogP contribution in [0, 0.1) is 5.82 Å². The van der Waals surface area contributed by atoms with Gasteiger partial charge in [-0.3, -0.25) is 14.4 Å². The third-order valence-electron chi connectivity index (χ3n) is 4.36. The van der Waals surface area contributed by atoms with Crippen LogP contribution in [0.4, 0.5) is 4.39 Å².